The number of amides is 1. The van der Waals surface area contributed by atoms with E-state index in [2.05, 4.69) is 17.3 Å². The molecule has 0 aromatic carbocycles. The lowest BCUT2D eigenvalue weighted by Crippen LogP contribution is -2.39. The fourth-order valence-electron chi connectivity index (χ4n) is 2.57. The van der Waals surface area contributed by atoms with Crippen molar-refractivity contribution in [1.82, 2.24) is 10.2 Å². The molecule has 0 radical (unpaired) electrons. The molecule has 0 aromatic heterocycles. The summed E-state index contributed by atoms with van der Waals surface area (Å²) in [7, 11) is 2.12. The third-order valence-corrected chi connectivity index (χ3v) is 3.86. The maximum Gasteiger partial charge on any atom is 0.325 e. The Bertz CT molecular complexity index is 301. The topological polar surface area (TPSA) is 69.6 Å². The summed E-state index contributed by atoms with van der Waals surface area (Å²) >= 11 is 0. The van der Waals surface area contributed by atoms with Crippen molar-refractivity contribution >= 4 is 11.9 Å². The van der Waals surface area contributed by atoms with Crippen molar-refractivity contribution in [2.75, 3.05) is 13.6 Å². The molecule has 1 fully saturated rings. The van der Waals surface area contributed by atoms with Crippen LogP contribution in [0.15, 0.2) is 0 Å². The molecule has 0 aromatic rings. The predicted octanol–water partition coefficient (Wildman–Crippen LogP) is 1.62. The van der Waals surface area contributed by atoms with E-state index >= 15 is 0 Å². The Kier molecular flexibility index (Phi) is 6.84. The molecule has 2 N–H and O–H groups in total. The highest BCUT2D eigenvalue weighted by Crippen LogP contribution is 2.21. The molecule has 5 heteroatoms. The molecule has 0 saturated heterocycles. The molecule has 0 aliphatic heterocycles. The van der Waals surface area contributed by atoms with E-state index in [0.717, 1.165) is 13.0 Å². The number of carbonyl (C=O) groups excluding carboxylic acids is 1. The van der Waals surface area contributed by atoms with E-state index in [-0.39, 0.29) is 5.91 Å². The van der Waals surface area contributed by atoms with Crippen LogP contribution in [-0.2, 0) is 9.59 Å². The first-order valence-corrected chi connectivity index (χ1v) is 7.23. The molecular formula is C14H26N2O3. The fourth-order valence-corrected chi connectivity index (χ4v) is 2.57. The van der Waals surface area contributed by atoms with Crippen molar-refractivity contribution in [1.29, 1.82) is 0 Å². The van der Waals surface area contributed by atoms with Gasteiger partial charge in [0.05, 0.1) is 0 Å². The Morgan fingerprint density at radius 1 is 1.32 bits per heavy atom. The zero-order valence-corrected chi connectivity index (χ0v) is 12.0. The smallest absolute Gasteiger partial charge is 0.325 e. The molecule has 1 amide bonds. The van der Waals surface area contributed by atoms with E-state index in [1.54, 1.807) is 0 Å². The van der Waals surface area contributed by atoms with Crippen molar-refractivity contribution in [2.45, 2.75) is 64.0 Å². The molecule has 1 aliphatic rings. The standard InChI is InChI=1S/C14H26N2O3/c1-11(14(18)19)15-13(17)9-6-10-16(2)12-7-4-3-5-8-12/h11-12H,3-10H2,1-2H3,(H,15,17)(H,18,19). The van der Waals surface area contributed by atoms with Crippen LogP contribution in [0.1, 0.15) is 51.9 Å². The van der Waals surface area contributed by atoms with Crippen LogP contribution in [0.3, 0.4) is 0 Å². The van der Waals surface area contributed by atoms with E-state index in [1.807, 2.05) is 0 Å². The lowest BCUT2D eigenvalue weighted by atomic mass is 9.94. The van der Waals surface area contributed by atoms with Crippen molar-refractivity contribution < 1.29 is 14.7 Å². The summed E-state index contributed by atoms with van der Waals surface area (Å²) in [6.07, 6.45) is 7.68. The summed E-state index contributed by atoms with van der Waals surface area (Å²) in [5.41, 5.74) is 0. The Morgan fingerprint density at radius 3 is 2.53 bits per heavy atom. The number of aliphatic carboxylic acids is 1. The number of rotatable bonds is 7. The number of carboxylic acids is 1. The highest BCUT2D eigenvalue weighted by atomic mass is 16.4. The van der Waals surface area contributed by atoms with Gasteiger partial charge in [-0.1, -0.05) is 19.3 Å². The van der Waals surface area contributed by atoms with E-state index < -0.39 is 12.0 Å². The van der Waals surface area contributed by atoms with Crippen LogP contribution in [0, 0.1) is 0 Å². The van der Waals surface area contributed by atoms with Gasteiger partial charge in [-0.25, -0.2) is 0 Å². The largest absolute Gasteiger partial charge is 0.480 e. The van der Waals surface area contributed by atoms with Gasteiger partial charge in [0.15, 0.2) is 0 Å². The molecule has 0 spiro atoms. The summed E-state index contributed by atoms with van der Waals surface area (Å²) in [5.74, 6) is -1.17. The van der Waals surface area contributed by atoms with Crippen LogP contribution in [0.25, 0.3) is 0 Å². The van der Waals surface area contributed by atoms with Gasteiger partial charge in [0.2, 0.25) is 5.91 Å². The van der Waals surface area contributed by atoms with Crippen LogP contribution in [0.5, 0.6) is 0 Å². The minimum atomic E-state index is -0.993. The molecule has 1 saturated carbocycles. The summed E-state index contributed by atoms with van der Waals surface area (Å²) in [6.45, 7) is 2.38. The monoisotopic (exact) mass is 270 g/mol. The van der Waals surface area contributed by atoms with Crippen LogP contribution in [0.4, 0.5) is 0 Å². The van der Waals surface area contributed by atoms with Crippen molar-refractivity contribution in [3.8, 4) is 0 Å². The summed E-state index contributed by atoms with van der Waals surface area (Å²) in [4.78, 5) is 24.5. The first-order valence-electron chi connectivity index (χ1n) is 7.23. The Labute approximate surface area is 115 Å². The maximum absolute atomic E-state index is 11.5. The van der Waals surface area contributed by atoms with Crippen molar-refractivity contribution in [3.63, 3.8) is 0 Å². The molecule has 19 heavy (non-hydrogen) atoms. The third kappa shape index (κ3) is 6.05. The highest BCUT2D eigenvalue weighted by molar-refractivity contribution is 5.83. The van der Waals surface area contributed by atoms with Crippen LogP contribution < -0.4 is 5.32 Å². The van der Waals surface area contributed by atoms with Crippen LogP contribution in [-0.4, -0.2) is 47.6 Å². The van der Waals surface area contributed by atoms with Gasteiger partial charge >= 0.3 is 5.97 Å². The first-order chi connectivity index (χ1) is 9.00. The second-order valence-corrected chi connectivity index (χ2v) is 5.50. The van der Waals surface area contributed by atoms with Gasteiger partial charge in [0.1, 0.15) is 6.04 Å². The SMILES string of the molecule is CC(NC(=O)CCCN(C)C1CCCCC1)C(=O)O. The van der Waals surface area contributed by atoms with E-state index in [4.69, 9.17) is 5.11 Å². The van der Waals surface area contributed by atoms with Gasteiger partial charge in [-0.15, -0.1) is 0 Å². The number of nitrogens with one attached hydrogen (secondary N) is 1. The second kappa shape index (κ2) is 8.15. The molecule has 110 valence electrons. The molecular weight excluding hydrogens is 244 g/mol. The second-order valence-electron chi connectivity index (χ2n) is 5.50. The van der Waals surface area contributed by atoms with Gasteiger partial charge in [-0.3, -0.25) is 9.59 Å². The van der Waals surface area contributed by atoms with Gasteiger partial charge in [0, 0.05) is 12.5 Å². The fraction of sp³-hybridized carbons (Fsp3) is 0.857. The first kappa shape index (κ1) is 16.0. The zero-order chi connectivity index (χ0) is 14.3. The van der Waals surface area contributed by atoms with E-state index in [1.165, 1.54) is 39.0 Å². The van der Waals surface area contributed by atoms with Gasteiger partial charge in [-0.2, -0.15) is 0 Å². The summed E-state index contributed by atoms with van der Waals surface area (Å²) in [6, 6.07) is -0.140. The zero-order valence-electron chi connectivity index (χ0n) is 12.0. The molecule has 1 rings (SSSR count). The van der Waals surface area contributed by atoms with Gasteiger partial charge < -0.3 is 15.3 Å². The van der Waals surface area contributed by atoms with E-state index in [0.29, 0.717) is 12.5 Å². The molecule has 5 nitrogen and oxygen atoms in total. The summed E-state index contributed by atoms with van der Waals surface area (Å²) < 4.78 is 0. The van der Waals surface area contributed by atoms with Gasteiger partial charge in [0.25, 0.3) is 0 Å². The minimum absolute atomic E-state index is 0.174. The molecule has 0 heterocycles. The molecule has 1 atom stereocenters. The number of carboxylic acid groups (broad SMARTS) is 1. The van der Waals surface area contributed by atoms with Crippen molar-refractivity contribution in [3.05, 3.63) is 0 Å². The quantitative estimate of drug-likeness (QED) is 0.737. The molecule has 1 aliphatic carbocycles. The highest BCUT2D eigenvalue weighted by Gasteiger charge is 2.18. The minimum Gasteiger partial charge on any atom is -0.480 e. The molecule has 0 bridgehead atoms. The number of hydrogen-bond donors (Lipinski definition) is 2. The van der Waals surface area contributed by atoms with Crippen LogP contribution in [0.2, 0.25) is 0 Å². The number of nitrogens with zero attached hydrogens (tertiary/aromatic N) is 1. The number of carbonyl (C=O) groups is 2. The average Bonchev–Trinajstić information content (AvgIpc) is 2.39. The third-order valence-electron chi connectivity index (χ3n) is 3.86. The predicted molar refractivity (Wildman–Crippen MR) is 74.0 cm³/mol. The maximum atomic E-state index is 11.5. The summed E-state index contributed by atoms with van der Waals surface area (Å²) in [5, 5.41) is 11.2. The molecule has 1 unspecified atom stereocenters. The Balaban J connectivity index is 2.15. The average molecular weight is 270 g/mol. The van der Waals surface area contributed by atoms with E-state index in [9.17, 15) is 9.59 Å². The van der Waals surface area contributed by atoms with Crippen molar-refractivity contribution in [2.24, 2.45) is 0 Å². The normalized spacial score (nSPS) is 18.3. The Hall–Kier alpha value is -1.10. The number of hydrogen-bond acceptors (Lipinski definition) is 3. The Morgan fingerprint density at radius 2 is 1.95 bits per heavy atom. The lowest BCUT2D eigenvalue weighted by Gasteiger charge is -2.31. The van der Waals surface area contributed by atoms with Crippen LogP contribution >= 0.6 is 0 Å². The van der Waals surface area contributed by atoms with Gasteiger partial charge in [-0.05, 0) is 39.8 Å². The lowest BCUT2D eigenvalue weighted by molar-refractivity contribution is -0.141.